The van der Waals surface area contributed by atoms with Crippen LogP contribution < -0.4 is 4.72 Å². The maximum atomic E-state index is 12.7. The highest BCUT2D eigenvalue weighted by Crippen LogP contribution is 2.33. The van der Waals surface area contributed by atoms with Gasteiger partial charge in [0.15, 0.2) is 0 Å². The first-order valence-electron chi connectivity index (χ1n) is 10.0. The number of rotatable bonds is 5. The van der Waals surface area contributed by atoms with Crippen LogP contribution in [0.5, 0.6) is 0 Å². The number of allylic oxidation sites excluding steroid dienone is 2. The molecule has 2 aromatic carbocycles. The molecule has 2 aromatic rings. The second-order valence-corrected chi connectivity index (χ2v) is 9.65. The molecule has 2 aliphatic rings. The number of nitrogens with zero attached hydrogens (tertiary/aromatic N) is 1. The van der Waals surface area contributed by atoms with Gasteiger partial charge in [-0.25, -0.2) is 13.1 Å². The van der Waals surface area contributed by atoms with Gasteiger partial charge in [-0.05, 0) is 42.4 Å². The van der Waals surface area contributed by atoms with E-state index in [1.807, 2.05) is 29.2 Å². The number of carbonyl (C=O) groups is 1. The predicted octanol–water partition coefficient (Wildman–Crippen LogP) is 3.48. The van der Waals surface area contributed by atoms with Crippen molar-refractivity contribution >= 4 is 15.9 Å². The number of piperidine rings is 1. The van der Waals surface area contributed by atoms with E-state index in [-0.39, 0.29) is 18.0 Å². The van der Waals surface area contributed by atoms with E-state index in [2.05, 4.69) is 41.1 Å². The summed E-state index contributed by atoms with van der Waals surface area (Å²) in [7, 11) is -3.36. The van der Waals surface area contributed by atoms with E-state index in [0.29, 0.717) is 19.3 Å². The van der Waals surface area contributed by atoms with Crippen molar-refractivity contribution in [2.24, 2.45) is 0 Å². The van der Waals surface area contributed by atoms with Crippen molar-refractivity contribution in [1.29, 1.82) is 0 Å². The maximum absolute atomic E-state index is 12.7. The van der Waals surface area contributed by atoms with Crippen LogP contribution in [0, 0.1) is 0 Å². The lowest BCUT2D eigenvalue weighted by molar-refractivity contribution is -0.133. The molecular formula is C23H26N2O3S. The zero-order valence-electron chi connectivity index (χ0n) is 16.5. The Hall–Kier alpha value is -2.44. The van der Waals surface area contributed by atoms with Gasteiger partial charge in [0.2, 0.25) is 15.9 Å². The Kier molecular flexibility index (Phi) is 5.56. The molecule has 0 aromatic heterocycles. The lowest BCUT2D eigenvalue weighted by atomic mass is 9.87. The maximum Gasteiger partial charge on any atom is 0.227 e. The van der Waals surface area contributed by atoms with Gasteiger partial charge in [-0.1, -0.05) is 60.7 Å². The molecule has 152 valence electrons. The minimum Gasteiger partial charge on any atom is -0.312 e. The third-order valence-corrected chi connectivity index (χ3v) is 6.40. The Morgan fingerprint density at radius 1 is 1.03 bits per heavy atom. The highest BCUT2D eigenvalue weighted by molar-refractivity contribution is 7.88. The van der Waals surface area contributed by atoms with Crippen molar-refractivity contribution in [3.05, 3.63) is 71.9 Å². The molecule has 29 heavy (non-hydrogen) atoms. The summed E-state index contributed by atoms with van der Waals surface area (Å²) in [6.07, 6.45) is 6.60. The minimum absolute atomic E-state index is 0.0896. The Morgan fingerprint density at radius 3 is 2.55 bits per heavy atom. The second kappa shape index (κ2) is 8.13. The number of nitrogens with one attached hydrogen (secondary N) is 1. The fourth-order valence-electron chi connectivity index (χ4n) is 4.43. The van der Waals surface area contributed by atoms with E-state index in [9.17, 15) is 13.2 Å². The number of fused-ring (bicyclic) bond motifs is 1. The zero-order valence-corrected chi connectivity index (χ0v) is 17.4. The van der Waals surface area contributed by atoms with Gasteiger partial charge in [-0.3, -0.25) is 4.79 Å². The summed E-state index contributed by atoms with van der Waals surface area (Å²) in [6, 6.07) is 17.9. The quantitative estimate of drug-likeness (QED) is 0.821. The fraction of sp³-hybridized carbons (Fsp3) is 0.348. The zero-order chi connectivity index (χ0) is 20.4. The average Bonchev–Trinajstić information content (AvgIpc) is 2.70. The summed E-state index contributed by atoms with van der Waals surface area (Å²) in [5, 5.41) is 0. The van der Waals surface area contributed by atoms with Gasteiger partial charge >= 0.3 is 0 Å². The van der Waals surface area contributed by atoms with Crippen LogP contribution in [0.3, 0.4) is 0 Å². The van der Waals surface area contributed by atoms with Crippen LogP contribution in [-0.4, -0.2) is 37.6 Å². The van der Waals surface area contributed by atoms with Gasteiger partial charge in [0.05, 0.1) is 12.3 Å². The molecule has 1 amide bonds. The summed E-state index contributed by atoms with van der Waals surface area (Å²) in [5.41, 5.74) is 4.39. The van der Waals surface area contributed by atoms with Gasteiger partial charge in [-0.2, -0.15) is 0 Å². The fourth-order valence-corrected chi connectivity index (χ4v) is 5.26. The molecule has 0 radical (unpaired) electrons. The molecule has 2 aliphatic heterocycles. The van der Waals surface area contributed by atoms with E-state index in [0.717, 1.165) is 35.2 Å². The van der Waals surface area contributed by atoms with Crippen LogP contribution in [0.1, 0.15) is 31.2 Å². The lowest BCUT2D eigenvalue weighted by Gasteiger charge is -2.44. The molecule has 0 unspecified atom stereocenters. The smallest absolute Gasteiger partial charge is 0.227 e. The molecule has 0 spiro atoms. The number of carbonyl (C=O) groups excluding carboxylic acids is 1. The Bertz CT molecular complexity index is 1030. The van der Waals surface area contributed by atoms with Crippen LogP contribution in [-0.2, 0) is 21.2 Å². The van der Waals surface area contributed by atoms with Crippen molar-refractivity contribution in [2.75, 3.05) is 6.26 Å². The number of sulfonamides is 1. The summed E-state index contributed by atoms with van der Waals surface area (Å²) in [5.74, 6) is 0.0896. The third-order valence-electron chi connectivity index (χ3n) is 5.67. The number of hydrogen-bond acceptors (Lipinski definition) is 3. The molecule has 1 saturated heterocycles. The van der Waals surface area contributed by atoms with Gasteiger partial charge < -0.3 is 4.90 Å². The van der Waals surface area contributed by atoms with Gasteiger partial charge in [0.1, 0.15) is 0 Å². The first kappa shape index (κ1) is 19.9. The van der Waals surface area contributed by atoms with Crippen molar-refractivity contribution in [1.82, 2.24) is 9.62 Å². The highest BCUT2D eigenvalue weighted by atomic mass is 32.2. The predicted molar refractivity (Wildman–Crippen MR) is 115 cm³/mol. The first-order valence-corrected chi connectivity index (χ1v) is 11.9. The number of amides is 1. The normalized spacial score (nSPS) is 22.2. The van der Waals surface area contributed by atoms with Crippen LogP contribution >= 0.6 is 0 Å². The Morgan fingerprint density at radius 2 is 1.79 bits per heavy atom. The van der Waals surface area contributed by atoms with E-state index < -0.39 is 10.0 Å². The van der Waals surface area contributed by atoms with E-state index in [1.165, 1.54) is 6.26 Å². The van der Waals surface area contributed by atoms with E-state index in [1.54, 1.807) is 0 Å². The molecule has 0 bridgehead atoms. The topological polar surface area (TPSA) is 66.5 Å². The van der Waals surface area contributed by atoms with Crippen LogP contribution in [0.4, 0.5) is 0 Å². The number of hydrogen-bond donors (Lipinski definition) is 1. The molecule has 0 aliphatic carbocycles. The second-order valence-electron chi connectivity index (χ2n) is 7.87. The largest absolute Gasteiger partial charge is 0.312 e. The van der Waals surface area contributed by atoms with E-state index >= 15 is 0 Å². The van der Waals surface area contributed by atoms with Crippen LogP contribution in [0.2, 0.25) is 0 Å². The molecule has 2 heterocycles. The monoisotopic (exact) mass is 410 g/mol. The molecule has 4 rings (SSSR count). The molecule has 1 fully saturated rings. The standard InChI is InChI=1S/C23H26N2O3S/c1-29(27,28)24-21-14-13-20-11-6-12-23(26)25(20)22(21)16-17-7-5-10-19(15-17)18-8-3-2-4-9-18/h2-5,7-11,15,21-22,24H,6,12-14,16H2,1H3/t21-,22-/m0/s1. The summed E-state index contributed by atoms with van der Waals surface area (Å²) in [4.78, 5) is 14.6. The lowest BCUT2D eigenvalue weighted by Crippen LogP contribution is -2.57. The van der Waals surface area contributed by atoms with Gasteiger partial charge in [-0.15, -0.1) is 0 Å². The molecule has 1 N–H and O–H groups in total. The molecular weight excluding hydrogens is 384 g/mol. The third kappa shape index (κ3) is 4.60. The van der Waals surface area contributed by atoms with Crippen molar-refractivity contribution in [2.45, 2.75) is 44.2 Å². The summed E-state index contributed by atoms with van der Waals surface area (Å²) < 4.78 is 26.7. The van der Waals surface area contributed by atoms with Crippen LogP contribution in [0.25, 0.3) is 11.1 Å². The molecule has 6 heteroatoms. The minimum atomic E-state index is -3.36. The molecule has 5 nitrogen and oxygen atoms in total. The average molecular weight is 411 g/mol. The summed E-state index contributed by atoms with van der Waals surface area (Å²) in [6.45, 7) is 0. The van der Waals surface area contributed by atoms with Gasteiger partial charge in [0.25, 0.3) is 0 Å². The highest BCUT2D eigenvalue weighted by Gasteiger charge is 2.39. The molecule has 0 saturated carbocycles. The van der Waals surface area contributed by atoms with Crippen LogP contribution in [0.15, 0.2) is 66.4 Å². The SMILES string of the molecule is CS(=O)(=O)N[C@H]1CCC2=CCCC(=O)N2[C@H]1Cc1cccc(-c2ccccc2)c1. The Balaban J connectivity index is 1.66. The van der Waals surface area contributed by atoms with Crippen molar-refractivity contribution < 1.29 is 13.2 Å². The van der Waals surface area contributed by atoms with Crippen molar-refractivity contribution in [3.63, 3.8) is 0 Å². The molecule has 2 atom stereocenters. The van der Waals surface area contributed by atoms with E-state index in [4.69, 9.17) is 0 Å². The van der Waals surface area contributed by atoms with Gasteiger partial charge in [0, 0.05) is 18.2 Å². The first-order chi connectivity index (χ1) is 13.9. The summed E-state index contributed by atoms with van der Waals surface area (Å²) >= 11 is 0. The Labute approximate surface area is 172 Å². The van der Waals surface area contributed by atoms with Crippen molar-refractivity contribution in [3.8, 4) is 11.1 Å². The number of benzene rings is 2.